The quantitative estimate of drug-likeness (QED) is 0.429. The number of nitro benzene ring substituents is 1. The van der Waals surface area contributed by atoms with E-state index in [0.29, 0.717) is 23.6 Å². The van der Waals surface area contributed by atoms with Gasteiger partial charge in [0.15, 0.2) is 0 Å². The molecule has 0 unspecified atom stereocenters. The van der Waals surface area contributed by atoms with Crippen molar-refractivity contribution in [3.8, 4) is 5.75 Å². The predicted molar refractivity (Wildman–Crippen MR) is 109 cm³/mol. The van der Waals surface area contributed by atoms with Crippen LogP contribution in [-0.2, 0) is 0 Å². The number of nitrogens with one attached hydrogen (secondary N) is 1. The van der Waals surface area contributed by atoms with E-state index in [-0.39, 0.29) is 11.6 Å². The molecular formula is C21H18N2O4S. The maximum absolute atomic E-state index is 12.9. The van der Waals surface area contributed by atoms with Crippen LogP contribution in [0.5, 0.6) is 5.75 Å². The Hall–Kier alpha value is -3.32. The molecule has 0 atom stereocenters. The largest absolute Gasteiger partial charge is 0.492 e. The van der Waals surface area contributed by atoms with Gasteiger partial charge in [0.25, 0.3) is 11.6 Å². The maximum Gasteiger partial charge on any atom is 0.269 e. The molecule has 0 heterocycles. The molecule has 0 aliphatic heterocycles. The minimum Gasteiger partial charge on any atom is -0.492 e. The highest BCUT2D eigenvalue weighted by atomic mass is 32.2. The number of nitrogens with zero attached hydrogens (tertiary/aromatic N) is 1. The van der Waals surface area contributed by atoms with Gasteiger partial charge < -0.3 is 10.1 Å². The summed E-state index contributed by atoms with van der Waals surface area (Å²) in [5.41, 5.74) is 1.14. The van der Waals surface area contributed by atoms with Gasteiger partial charge in [-0.15, -0.1) is 0 Å². The summed E-state index contributed by atoms with van der Waals surface area (Å²) in [4.78, 5) is 24.8. The summed E-state index contributed by atoms with van der Waals surface area (Å²) in [5.74, 6) is 0.357. The van der Waals surface area contributed by atoms with Gasteiger partial charge in [-0.25, -0.2) is 0 Å². The van der Waals surface area contributed by atoms with Crippen LogP contribution < -0.4 is 10.1 Å². The Morgan fingerprint density at radius 2 is 1.71 bits per heavy atom. The summed E-state index contributed by atoms with van der Waals surface area (Å²) in [6, 6.07) is 20.7. The van der Waals surface area contributed by atoms with E-state index in [1.165, 1.54) is 23.9 Å². The molecule has 0 saturated heterocycles. The van der Waals surface area contributed by atoms with Crippen molar-refractivity contribution in [2.24, 2.45) is 0 Å². The van der Waals surface area contributed by atoms with E-state index >= 15 is 0 Å². The van der Waals surface area contributed by atoms with E-state index in [2.05, 4.69) is 5.32 Å². The molecule has 0 radical (unpaired) electrons. The van der Waals surface area contributed by atoms with Crippen molar-refractivity contribution in [3.05, 3.63) is 88.5 Å². The highest BCUT2D eigenvalue weighted by Crippen LogP contribution is 2.32. The van der Waals surface area contributed by atoms with Crippen LogP contribution in [0.4, 0.5) is 11.4 Å². The number of carbonyl (C=O) groups excluding carboxylic acids is 1. The fraction of sp³-hybridized carbons (Fsp3) is 0.0952. The van der Waals surface area contributed by atoms with Gasteiger partial charge in [0.05, 0.1) is 22.8 Å². The zero-order valence-electron chi connectivity index (χ0n) is 15.1. The summed E-state index contributed by atoms with van der Waals surface area (Å²) in [7, 11) is 0. The highest BCUT2D eigenvalue weighted by Gasteiger charge is 2.15. The van der Waals surface area contributed by atoms with Gasteiger partial charge in [-0.05, 0) is 43.3 Å². The molecule has 3 rings (SSSR count). The fourth-order valence-electron chi connectivity index (χ4n) is 2.55. The first-order valence-electron chi connectivity index (χ1n) is 8.63. The third-order valence-electron chi connectivity index (χ3n) is 3.84. The molecule has 0 bridgehead atoms. The third-order valence-corrected chi connectivity index (χ3v) is 4.93. The van der Waals surface area contributed by atoms with E-state index in [9.17, 15) is 14.9 Å². The number of benzene rings is 3. The van der Waals surface area contributed by atoms with E-state index < -0.39 is 4.92 Å². The average Bonchev–Trinajstić information content (AvgIpc) is 2.70. The second kappa shape index (κ2) is 9.05. The summed E-state index contributed by atoms with van der Waals surface area (Å²) in [6.45, 7) is 2.38. The third kappa shape index (κ3) is 4.69. The number of anilines is 1. The van der Waals surface area contributed by atoms with Gasteiger partial charge in [0, 0.05) is 21.9 Å². The Kier molecular flexibility index (Phi) is 6.29. The number of hydrogen-bond acceptors (Lipinski definition) is 5. The molecule has 28 heavy (non-hydrogen) atoms. The molecule has 6 nitrogen and oxygen atoms in total. The molecule has 1 amide bonds. The van der Waals surface area contributed by atoms with Crippen molar-refractivity contribution in [3.63, 3.8) is 0 Å². The molecule has 0 aliphatic rings. The molecule has 0 spiro atoms. The standard InChI is InChI=1S/C21H18N2O4S/c1-2-27-19-9-5-4-8-18(19)22-21(24)17-7-3-6-10-20(17)28-16-13-11-15(12-14-16)23(25)26/h3-14H,2H2,1H3,(H,22,24). The minimum absolute atomic E-state index is 0.0305. The number of rotatable bonds is 7. The summed E-state index contributed by atoms with van der Waals surface area (Å²) >= 11 is 1.37. The molecular weight excluding hydrogens is 376 g/mol. The molecule has 3 aromatic carbocycles. The van der Waals surface area contributed by atoms with Crippen LogP contribution in [0.3, 0.4) is 0 Å². The van der Waals surface area contributed by atoms with Gasteiger partial charge in [-0.1, -0.05) is 36.0 Å². The summed E-state index contributed by atoms with van der Waals surface area (Å²) < 4.78 is 5.56. The molecule has 0 saturated carbocycles. The van der Waals surface area contributed by atoms with Crippen molar-refractivity contribution >= 4 is 29.0 Å². The van der Waals surface area contributed by atoms with Crippen LogP contribution in [0.2, 0.25) is 0 Å². The first-order chi connectivity index (χ1) is 13.6. The van der Waals surface area contributed by atoms with Crippen molar-refractivity contribution in [2.45, 2.75) is 16.7 Å². The summed E-state index contributed by atoms with van der Waals surface area (Å²) in [6.07, 6.45) is 0. The van der Waals surface area contributed by atoms with Gasteiger partial charge >= 0.3 is 0 Å². The monoisotopic (exact) mass is 394 g/mol. The maximum atomic E-state index is 12.9. The lowest BCUT2D eigenvalue weighted by Crippen LogP contribution is -2.14. The predicted octanol–water partition coefficient (Wildman–Crippen LogP) is 5.40. The van der Waals surface area contributed by atoms with Crippen LogP contribution >= 0.6 is 11.8 Å². The molecule has 0 aliphatic carbocycles. The second-order valence-electron chi connectivity index (χ2n) is 5.73. The molecule has 142 valence electrons. The van der Waals surface area contributed by atoms with Crippen LogP contribution in [0.1, 0.15) is 17.3 Å². The topological polar surface area (TPSA) is 81.5 Å². The molecule has 0 aromatic heterocycles. The molecule has 0 fully saturated rings. The molecule has 1 N–H and O–H groups in total. The normalized spacial score (nSPS) is 10.3. The number of para-hydroxylation sites is 2. The zero-order valence-corrected chi connectivity index (χ0v) is 15.9. The van der Waals surface area contributed by atoms with Gasteiger partial charge in [-0.3, -0.25) is 14.9 Å². The van der Waals surface area contributed by atoms with Gasteiger partial charge in [0.1, 0.15) is 5.75 Å². The van der Waals surface area contributed by atoms with Crippen molar-refractivity contribution in [1.29, 1.82) is 0 Å². The Balaban J connectivity index is 1.82. The Labute approximate surface area is 166 Å². The lowest BCUT2D eigenvalue weighted by molar-refractivity contribution is -0.384. The lowest BCUT2D eigenvalue weighted by atomic mass is 10.2. The van der Waals surface area contributed by atoms with E-state index in [1.54, 1.807) is 36.4 Å². The smallest absolute Gasteiger partial charge is 0.269 e. The van der Waals surface area contributed by atoms with E-state index in [0.717, 1.165) is 9.79 Å². The number of carbonyl (C=O) groups is 1. The first kappa shape index (κ1) is 19.4. The van der Waals surface area contributed by atoms with Gasteiger partial charge in [-0.2, -0.15) is 0 Å². The highest BCUT2D eigenvalue weighted by molar-refractivity contribution is 7.99. The Bertz CT molecular complexity index is 990. The van der Waals surface area contributed by atoms with E-state index in [4.69, 9.17) is 4.74 Å². The van der Waals surface area contributed by atoms with Crippen molar-refractivity contribution < 1.29 is 14.5 Å². The molecule has 7 heteroatoms. The number of nitro groups is 1. The zero-order chi connectivity index (χ0) is 19.9. The number of amides is 1. The lowest BCUT2D eigenvalue weighted by Gasteiger charge is -2.13. The number of ether oxygens (including phenoxy) is 1. The van der Waals surface area contributed by atoms with Crippen LogP contribution in [0.25, 0.3) is 0 Å². The van der Waals surface area contributed by atoms with Crippen molar-refractivity contribution in [1.82, 2.24) is 0 Å². The van der Waals surface area contributed by atoms with E-state index in [1.807, 2.05) is 31.2 Å². The Morgan fingerprint density at radius 3 is 2.43 bits per heavy atom. The SMILES string of the molecule is CCOc1ccccc1NC(=O)c1ccccc1Sc1ccc([N+](=O)[O-])cc1. The fourth-order valence-corrected chi connectivity index (χ4v) is 3.49. The van der Waals surface area contributed by atoms with Crippen LogP contribution in [0, 0.1) is 10.1 Å². The minimum atomic E-state index is -0.439. The first-order valence-corrected chi connectivity index (χ1v) is 9.44. The Morgan fingerprint density at radius 1 is 1.04 bits per heavy atom. The van der Waals surface area contributed by atoms with Crippen molar-refractivity contribution in [2.75, 3.05) is 11.9 Å². The van der Waals surface area contributed by atoms with Gasteiger partial charge in [0.2, 0.25) is 0 Å². The molecule has 3 aromatic rings. The van der Waals surface area contributed by atoms with Crippen LogP contribution in [0.15, 0.2) is 82.6 Å². The average molecular weight is 394 g/mol. The van der Waals surface area contributed by atoms with Crippen LogP contribution in [-0.4, -0.2) is 17.4 Å². The number of hydrogen-bond donors (Lipinski definition) is 1. The second-order valence-corrected chi connectivity index (χ2v) is 6.85. The number of non-ortho nitro benzene ring substituents is 1. The summed E-state index contributed by atoms with van der Waals surface area (Å²) in [5, 5.41) is 13.7.